The van der Waals surface area contributed by atoms with E-state index in [1.165, 1.54) is 12.0 Å². The average Bonchev–Trinajstić information content (AvgIpc) is 2.94. The second-order valence-electron chi connectivity index (χ2n) is 4.39. The number of benzene rings is 1. The third-order valence-corrected chi connectivity index (χ3v) is 3.03. The predicted molar refractivity (Wildman–Crippen MR) is 73.3 cm³/mol. The van der Waals surface area contributed by atoms with Crippen molar-refractivity contribution in [1.82, 2.24) is 15.5 Å². The smallest absolute Gasteiger partial charge is 0.214 e. The number of ether oxygens (including phenoxy) is 1. The summed E-state index contributed by atoms with van der Waals surface area (Å²) in [5, 5.41) is 7.30. The lowest BCUT2D eigenvalue weighted by Crippen LogP contribution is -2.42. The van der Waals surface area contributed by atoms with Gasteiger partial charge in [-0.3, -0.25) is 0 Å². The van der Waals surface area contributed by atoms with Crippen molar-refractivity contribution in [3.63, 3.8) is 0 Å². The van der Waals surface area contributed by atoms with E-state index >= 15 is 0 Å². The molecule has 102 valence electrons. The van der Waals surface area contributed by atoms with Crippen LogP contribution in [-0.4, -0.2) is 35.9 Å². The molecule has 2 aromatic rings. The zero-order valence-corrected chi connectivity index (χ0v) is 11.2. The maximum absolute atomic E-state index is 5.45. The molecule has 1 aromatic heterocycles. The second-order valence-corrected chi connectivity index (χ2v) is 4.39. The first kappa shape index (κ1) is 14.0. The normalized spacial score (nSPS) is 18.8. The largest absolute Gasteiger partial charge is 0.379 e. The van der Waals surface area contributed by atoms with Gasteiger partial charge in [-0.1, -0.05) is 23.4 Å². The Balaban J connectivity index is 0.00000133. The number of morpholine rings is 1. The summed E-state index contributed by atoms with van der Waals surface area (Å²) in [6.07, 6.45) is 2.30. The van der Waals surface area contributed by atoms with Gasteiger partial charge in [-0.05, 0) is 18.1 Å². The Kier molecular flexibility index (Phi) is 4.90. The van der Waals surface area contributed by atoms with E-state index in [0.29, 0.717) is 11.9 Å². The highest BCUT2D eigenvalue weighted by molar-refractivity contribution is 5.85. The van der Waals surface area contributed by atoms with Crippen molar-refractivity contribution in [2.24, 2.45) is 0 Å². The van der Waals surface area contributed by atoms with Gasteiger partial charge in [-0.15, -0.1) is 12.4 Å². The molecule has 1 atom stereocenters. The van der Waals surface area contributed by atoms with Gasteiger partial charge in [0.15, 0.2) is 0 Å². The SMILES string of the molecule is Cl.c1cc(CC2COCCN2)cc(-c2ncon2)c1. The molecule has 0 bridgehead atoms. The summed E-state index contributed by atoms with van der Waals surface area (Å²) < 4.78 is 10.2. The summed E-state index contributed by atoms with van der Waals surface area (Å²) in [4.78, 5) is 4.06. The highest BCUT2D eigenvalue weighted by Gasteiger charge is 2.14. The Bertz CT molecular complexity index is 498. The zero-order chi connectivity index (χ0) is 12.2. The van der Waals surface area contributed by atoms with Gasteiger partial charge in [-0.25, -0.2) is 0 Å². The molecule has 1 unspecified atom stereocenters. The van der Waals surface area contributed by atoms with E-state index in [-0.39, 0.29) is 12.4 Å². The fourth-order valence-corrected chi connectivity index (χ4v) is 2.17. The molecule has 2 heterocycles. The van der Waals surface area contributed by atoms with Gasteiger partial charge in [0.25, 0.3) is 0 Å². The number of rotatable bonds is 3. The zero-order valence-electron chi connectivity index (χ0n) is 10.4. The van der Waals surface area contributed by atoms with Gasteiger partial charge < -0.3 is 14.6 Å². The standard InChI is InChI=1S/C13H15N3O2.ClH/c1-2-10(7-12-8-17-5-4-14-12)6-11(3-1)13-15-9-18-16-13;/h1-3,6,9,12,14H,4-5,7-8H2;1H. The van der Waals surface area contributed by atoms with E-state index in [1.807, 2.05) is 12.1 Å². The molecule has 1 aliphatic heterocycles. The lowest BCUT2D eigenvalue weighted by molar-refractivity contribution is 0.0770. The fraction of sp³-hybridized carbons (Fsp3) is 0.385. The monoisotopic (exact) mass is 281 g/mol. The molecule has 1 aliphatic rings. The van der Waals surface area contributed by atoms with E-state index in [9.17, 15) is 0 Å². The van der Waals surface area contributed by atoms with E-state index < -0.39 is 0 Å². The van der Waals surface area contributed by atoms with Crippen LogP contribution < -0.4 is 5.32 Å². The molecule has 1 saturated heterocycles. The van der Waals surface area contributed by atoms with Crippen molar-refractivity contribution in [2.75, 3.05) is 19.8 Å². The molecule has 1 N–H and O–H groups in total. The lowest BCUT2D eigenvalue weighted by Gasteiger charge is -2.23. The second kappa shape index (κ2) is 6.65. The van der Waals surface area contributed by atoms with Crippen LogP contribution in [0.1, 0.15) is 5.56 Å². The van der Waals surface area contributed by atoms with Crippen molar-refractivity contribution >= 4 is 12.4 Å². The molecule has 6 heteroatoms. The van der Waals surface area contributed by atoms with Crippen LogP contribution in [0.15, 0.2) is 35.2 Å². The maximum atomic E-state index is 5.45. The van der Waals surface area contributed by atoms with Gasteiger partial charge >= 0.3 is 0 Å². The highest BCUT2D eigenvalue weighted by Crippen LogP contribution is 2.17. The van der Waals surface area contributed by atoms with Gasteiger partial charge in [-0.2, -0.15) is 4.98 Å². The Morgan fingerprint density at radius 2 is 2.32 bits per heavy atom. The van der Waals surface area contributed by atoms with Gasteiger partial charge in [0.2, 0.25) is 12.2 Å². The summed E-state index contributed by atoms with van der Waals surface area (Å²) in [5.74, 6) is 0.629. The fourth-order valence-electron chi connectivity index (χ4n) is 2.17. The summed E-state index contributed by atoms with van der Waals surface area (Å²) in [5.41, 5.74) is 2.23. The first-order valence-electron chi connectivity index (χ1n) is 6.08. The van der Waals surface area contributed by atoms with Gasteiger partial charge in [0.1, 0.15) is 0 Å². The molecule has 0 aliphatic carbocycles. The molecule has 5 nitrogen and oxygen atoms in total. The minimum absolute atomic E-state index is 0. The lowest BCUT2D eigenvalue weighted by atomic mass is 10.0. The number of aromatic nitrogens is 2. The van der Waals surface area contributed by atoms with Crippen molar-refractivity contribution in [3.05, 3.63) is 36.2 Å². The highest BCUT2D eigenvalue weighted by atomic mass is 35.5. The summed E-state index contributed by atoms with van der Waals surface area (Å²) in [6.45, 7) is 2.50. The van der Waals surface area contributed by atoms with Crippen LogP contribution >= 0.6 is 12.4 Å². The first-order chi connectivity index (χ1) is 8.92. The average molecular weight is 282 g/mol. The van der Waals surface area contributed by atoms with Crippen molar-refractivity contribution < 1.29 is 9.26 Å². The number of halogens is 1. The molecule has 19 heavy (non-hydrogen) atoms. The van der Waals surface area contributed by atoms with Crippen molar-refractivity contribution in [1.29, 1.82) is 0 Å². The van der Waals surface area contributed by atoms with E-state index in [1.54, 1.807) is 0 Å². The van der Waals surface area contributed by atoms with Crippen LogP contribution in [0, 0.1) is 0 Å². The summed E-state index contributed by atoms with van der Waals surface area (Å²) in [6, 6.07) is 8.60. The minimum atomic E-state index is 0. The van der Waals surface area contributed by atoms with Gasteiger partial charge in [0, 0.05) is 18.2 Å². The number of hydrogen-bond donors (Lipinski definition) is 1. The van der Waals surface area contributed by atoms with Gasteiger partial charge in [0.05, 0.1) is 13.2 Å². The third-order valence-electron chi connectivity index (χ3n) is 3.03. The minimum Gasteiger partial charge on any atom is -0.379 e. The summed E-state index contributed by atoms with van der Waals surface area (Å²) in [7, 11) is 0. The van der Waals surface area contributed by atoms with Crippen LogP contribution in [0.3, 0.4) is 0 Å². The molecular weight excluding hydrogens is 266 g/mol. The molecule has 0 saturated carbocycles. The molecule has 1 fully saturated rings. The van der Waals surface area contributed by atoms with E-state index in [4.69, 9.17) is 9.26 Å². The van der Waals surface area contributed by atoms with Crippen LogP contribution in [0.2, 0.25) is 0 Å². The van der Waals surface area contributed by atoms with Crippen LogP contribution in [0.5, 0.6) is 0 Å². The molecule has 1 aromatic carbocycles. The number of nitrogens with one attached hydrogen (secondary N) is 1. The van der Waals surface area contributed by atoms with Crippen molar-refractivity contribution in [3.8, 4) is 11.4 Å². The Hall–Kier alpha value is -1.43. The first-order valence-corrected chi connectivity index (χ1v) is 6.08. The van der Waals surface area contributed by atoms with Crippen LogP contribution in [0.4, 0.5) is 0 Å². The topological polar surface area (TPSA) is 60.2 Å². The molecule has 0 radical (unpaired) electrons. The van der Waals surface area contributed by atoms with Crippen LogP contribution in [0.25, 0.3) is 11.4 Å². The van der Waals surface area contributed by atoms with E-state index in [0.717, 1.165) is 31.7 Å². The number of nitrogens with zero attached hydrogens (tertiary/aromatic N) is 2. The molecule has 0 spiro atoms. The third kappa shape index (κ3) is 3.53. The number of hydrogen-bond acceptors (Lipinski definition) is 5. The molecule has 0 amide bonds. The molecule has 3 rings (SSSR count). The molecular formula is C13H16ClN3O2. The van der Waals surface area contributed by atoms with E-state index in [2.05, 4.69) is 27.6 Å². The predicted octanol–water partition coefficient (Wildman–Crippen LogP) is 1.69. The maximum Gasteiger partial charge on any atom is 0.214 e. The van der Waals surface area contributed by atoms with Crippen molar-refractivity contribution in [2.45, 2.75) is 12.5 Å². The Morgan fingerprint density at radius 3 is 3.05 bits per heavy atom. The van der Waals surface area contributed by atoms with Crippen LogP contribution in [-0.2, 0) is 11.2 Å². The summed E-state index contributed by atoms with van der Waals surface area (Å²) >= 11 is 0. The Labute approximate surface area is 117 Å². The quantitative estimate of drug-likeness (QED) is 0.928. The Morgan fingerprint density at radius 1 is 1.37 bits per heavy atom.